The van der Waals surface area contributed by atoms with Gasteiger partial charge in [-0.15, -0.1) is 0 Å². The number of fused-ring (bicyclic) bond motifs is 18. The molecule has 0 fully saturated rings. The van der Waals surface area contributed by atoms with Crippen LogP contribution in [0.4, 0.5) is 0 Å². The second-order valence-corrected chi connectivity index (χ2v) is 17.1. The Balaban J connectivity index is 1.12. The molecule has 0 N–H and O–H groups in total. The molecule has 0 bridgehead atoms. The van der Waals surface area contributed by atoms with Crippen LogP contribution in [0.15, 0.2) is 231 Å². The third-order valence-corrected chi connectivity index (χ3v) is 14.1. The Morgan fingerprint density at radius 1 is 0.270 bits per heavy atom. The van der Waals surface area contributed by atoms with Crippen LogP contribution < -0.4 is 0 Å². The van der Waals surface area contributed by atoms with Gasteiger partial charge in [-0.1, -0.05) is 182 Å². The molecule has 14 rings (SSSR count). The van der Waals surface area contributed by atoms with Crippen LogP contribution in [0.2, 0.25) is 0 Å². The molecule has 2 aromatic heterocycles. The van der Waals surface area contributed by atoms with Crippen molar-refractivity contribution in [1.82, 2.24) is 9.13 Å². The summed E-state index contributed by atoms with van der Waals surface area (Å²) in [5.41, 5.74) is 22.1. The minimum atomic E-state index is -0.593. The van der Waals surface area contributed by atoms with Gasteiger partial charge in [0.25, 0.3) is 0 Å². The van der Waals surface area contributed by atoms with Crippen molar-refractivity contribution in [2.45, 2.75) is 5.41 Å². The van der Waals surface area contributed by atoms with Crippen molar-refractivity contribution in [3.63, 3.8) is 0 Å². The zero-order chi connectivity index (χ0) is 41.2. The monoisotopic (exact) mass is 798 g/mol. The number of hydrogen-bond donors (Lipinski definition) is 0. The van der Waals surface area contributed by atoms with Gasteiger partial charge >= 0.3 is 0 Å². The molecule has 292 valence electrons. The number of benzene rings is 10. The molecule has 2 aliphatic rings. The van der Waals surface area contributed by atoms with Crippen LogP contribution in [0.5, 0.6) is 0 Å². The summed E-state index contributed by atoms with van der Waals surface area (Å²) < 4.78 is 4.99. The largest absolute Gasteiger partial charge is 0.309 e. The maximum absolute atomic E-state index is 2.50. The maximum Gasteiger partial charge on any atom is 0.0739 e. The van der Waals surface area contributed by atoms with Crippen molar-refractivity contribution in [3.05, 3.63) is 253 Å². The molecular weight excluding hydrogens is 761 g/mol. The van der Waals surface area contributed by atoms with Gasteiger partial charge in [-0.05, 0) is 115 Å². The van der Waals surface area contributed by atoms with Crippen molar-refractivity contribution in [3.8, 4) is 55.9 Å². The van der Waals surface area contributed by atoms with Crippen LogP contribution in [-0.4, -0.2) is 9.13 Å². The second-order valence-electron chi connectivity index (χ2n) is 17.1. The first-order chi connectivity index (χ1) is 31.3. The standard InChI is InChI=1S/C61H38N2/c1-3-16-39(17-4-1)41-30-32-43(33-31-41)62-53-28-13-9-24-49(53)57-55(62)36-34-47-48-35-37-56-58(60(48)61(59(47)57)51-26-11-7-22-45(51)46-23-8-12-27-52(46)61)50-25-10-14-29-54(50)63(56)44-21-15-20-42(38-44)40-18-5-2-6-19-40/h1-38H. The van der Waals surface area contributed by atoms with E-state index in [0.29, 0.717) is 0 Å². The molecule has 1 spiro atoms. The van der Waals surface area contributed by atoms with Crippen molar-refractivity contribution in [2.24, 2.45) is 0 Å². The smallest absolute Gasteiger partial charge is 0.0739 e. The van der Waals surface area contributed by atoms with Crippen LogP contribution in [0, 0.1) is 0 Å². The quantitative estimate of drug-likeness (QED) is 0.168. The second kappa shape index (κ2) is 12.9. The molecule has 2 heterocycles. The molecule has 0 saturated carbocycles. The predicted octanol–water partition coefficient (Wildman–Crippen LogP) is 15.6. The molecule has 0 atom stereocenters. The van der Waals surface area contributed by atoms with Crippen molar-refractivity contribution < 1.29 is 0 Å². The highest BCUT2D eigenvalue weighted by Gasteiger charge is 2.54. The topological polar surface area (TPSA) is 9.86 Å². The minimum Gasteiger partial charge on any atom is -0.309 e. The first-order valence-corrected chi connectivity index (χ1v) is 21.9. The van der Waals surface area contributed by atoms with Gasteiger partial charge in [0.15, 0.2) is 0 Å². The summed E-state index contributed by atoms with van der Waals surface area (Å²) in [6.45, 7) is 0. The summed E-state index contributed by atoms with van der Waals surface area (Å²) in [6.07, 6.45) is 0. The van der Waals surface area contributed by atoms with Crippen molar-refractivity contribution in [2.75, 3.05) is 0 Å². The van der Waals surface area contributed by atoms with Gasteiger partial charge in [0.1, 0.15) is 0 Å². The van der Waals surface area contributed by atoms with Gasteiger partial charge in [0, 0.05) is 32.9 Å². The first-order valence-electron chi connectivity index (χ1n) is 21.9. The summed E-state index contributed by atoms with van der Waals surface area (Å²) in [5.74, 6) is 0. The normalized spacial score (nSPS) is 13.2. The zero-order valence-corrected chi connectivity index (χ0v) is 34.3. The number of rotatable bonds is 4. The van der Waals surface area contributed by atoms with Crippen molar-refractivity contribution >= 4 is 43.6 Å². The summed E-state index contributed by atoms with van der Waals surface area (Å²) in [4.78, 5) is 0. The van der Waals surface area contributed by atoms with Gasteiger partial charge in [0.05, 0.1) is 27.5 Å². The van der Waals surface area contributed by atoms with Crippen LogP contribution in [-0.2, 0) is 5.41 Å². The number of nitrogens with zero attached hydrogens (tertiary/aromatic N) is 2. The molecule has 63 heavy (non-hydrogen) atoms. The average molecular weight is 799 g/mol. The Kier molecular flexibility index (Phi) is 7.07. The summed E-state index contributed by atoms with van der Waals surface area (Å²) >= 11 is 0. The van der Waals surface area contributed by atoms with Crippen LogP contribution in [0.25, 0.3) is 99.5 Å². The Bertz CT molecular complexity index is 3780. The third kappa shape index (κ3) is 4.57. The van der Waals surface area contributed by atoms with E-state index >= 15 is 0 Å². The fourth-order valence-corrected chi connectivity index (χ4v) is 11.7. The van der Waals surface area contributed by atoms with E-state index in [4.69, 9.17) is 0 Å². The lowest BCUT2D eigenvalue weighted by Crippen LogP contribution is -2.26. The molecule has 0 saturated heterocycles. The maximum atomic E-state index is 2.50. The molecular formula is C61H38N2. The Labute approximate surface area is 365 Å². The number of para-hydroxylation sites is 2. The molecule has 12 aromatic rings. The molecule has 0 radical (unpaired) electrons. The molecule has 2 nitrogen and oxygen atoms in total. The van der Waals surface area contributed by atoms with Gasteiger partial charge in [-0.25, -0.2) is 0 Å². The van der Waals surface area contributed by atoms with E-state index < -0.39 is 5.41 Å². The van der Waals surface area contributed by atoms with Gasteiger partial charge < -0.3 is 9.13 Å². The van der Waals surface area contributed by atoms with E-state index in [1.54, 1.807) is 0 Å². The fraction of sp³-hybridized carbons (Fsp3) is 0.0164. The van der Waals surface area contributed by atoms with Crippen LogP contribution in [0.1, 0.15) is 22.3 Å². The lowest BCUT2D eigenvalue weighted by atomic mass is 9.68. The molecule has 0 amide bonds. The molecule has 0 unspecified atom stereocenters. The summed E-state index contributed by atoms with van der Waals surface area (Å²) in [6, 6.07) is 85.7. The Morgan fingerprint density at radius 2 is 0.714 bits per heavy atom. The highest BCUT2D eigenvalue weighted by molar-refractivity contribution is 6.21. The summed E-state index contributed by atoms with van der Waals surface area (Å²) in [7, 11) is 0. The summed E-state index contributed by atoms with van der Waals surface area (Å²) in [5, 5.41) is 5.15. The van der Waals surface area contributed by atoms with E-state index in [2.05, 4.69) is 240 Å². The van der Waals surface area contributed by atoms with E-state index in [9.17, 15) is 0 Å². The minimum absolute atomic E-state index is 0.593. The van der Waals surface area contributed by atoms with Crippen LogP contribution >= 0.6 is 0 Å². The fourth-order valence-electron chi connectivity index (χ4n) is 11.7. The lowest BCUT2D eigenvalue weighted by molar-refractivity contribution is 0.810. The number of hydrogen-bond acceptors (Lipinski definition) is 0. The van der Waals surface area contributed by atoms with E-state index in [1.165, 1.54) is 110 Å². The molecule has 0 aliphatic heterocycles. The van der Waals surface area contributed by atoms with Crippen molar-refractivity contribution in [1.29, 1.82) is 0 Å². The molecule has 2 aliphatic carbocycles. The Morgan fingerprint density at radius 3 is 1.29 bits per heavy atom. The lowest BCUT2D eigenvalue weighted by Gasteiger charge is -2.32. The van der Waals surface area contributed by atoms with Gasteiger partial charge in [-0.2, -0.15) is 0 Å². The predicted molar refractivity (Wildman–Crippen MR) is 262 cm³/mol. The zero-order valence-electron chi connectivity index (χ0n) is 34.3. The first kappa shape index (κ1) is 34.5. The third-order valence-electron chi connectivity index (χ3n) is 14.1. The SMILES string of the molecule is c1ccc(-c2ccc(-n3c4ccccc4c4c5c(ccc43)-c3ccc4c(c3C53c5ccccc5-c5ccccc53)c3ccccc3n4-c3cccc(-c4ccccc4)c3)cc2)cc1. The Hall–Kier alpha value is -8.20. The van der Waals surface area contributed by atoms with Gasteiger partial charge in [-0.3, -0.25) is 0 Å². The molecule has 2 heteroatoms. The molecule has 10 aromatic carbocycles. The van der Waals surface area contributed by atoms with E-state index in [0.717, 1.165) is 11.4 Å². The highest BCUT2D eigenvalue weighted by atomic mass is 15.0. The van der Waals surface area contributed by atoms with E-state index in [-0.39, 0.29) is 0 Å². The van der Waals surface area contributed by atoms with E-state index in [1.807, 2.05) is 0 Å². The highest BCUT2D eigenvalue weighted by Crippen LogP contribution is 2.66. The van der Waals surface area contributed by atoms with Gasteiger partial charge in [0.2, 0.25) is 0 Å². The average Bonchev–Trinajstić information content (AvgIpc) is 4.06. The van der Waals surface area contributed by atoms with Crippen LogP contribution in [0.3, 0.4) is 0 Å². The number of aromatic nitrogens is 2.